The van der Waals surface area contributed by atoms with Crippen LogP contribution in [0.1, 0.15) is 6.92 Å². The maximum absolute atomic E-state index is 12.7. The summed E-state index contributed by atoms with van der Waals surface area (Å²) in [6.45, 7) is 2.30. The lowest BCUT2D eigenvalue weighted by Gasteiger charge is -2.04. The zero-order valence-corrected chi connectivity index (χ0v) is 6.20. The van der Waals surface area contributed by atoms with Gasteiger partial charge in [-0.25, -0.2) is 8.78 Å². The summed E-state index contributed by atoms with van der Waals surface area (Å²) in [6.07, 6.45) is 0. The highest BCUT2D eigenvalue weighted by molar-refractivity contribution is 5.45. The van der Waals surface area contributed by atoms with Crippen LogP contribution >= 0.6 is 0 Å². The van der Waals surface area contributed by atoms with Gasteiger partial charge in [-0.2, -0.15) is 0 Å². The molecule has 0 unspecified atom stereocenters. The van der Waals surface area contributed by atoms with Crippen LogP contribution in [-0.2, 0) is 0 Å². The zero-order valence-electron chi connectivity index (χ0n) is 6.20. The van der Waals surface area contributed by atoms with E-state index in [0.717, 1.165) is 0 Å². The summed E-state index contributed by atoms with van der Waals surface area (Å²) in [7, 11) is 0. The quantitative estimate of drug-likeness (QED) is 0.695. The second kappa shape index (κ2) is 3.32. The fourth-order valence-electron chi connectivity index (χ4n) is 0.843. The number of halogens is 2. The van der Waals surface area contributed by atoms with Crippen molar-refractivity contribution in [3.05, 3.63) is 29.8 Å². The highest BCUT2D eigenvalue weighted by Crippen LogP contribution is 2.16. The topological polar surface area (TPSA) is 12.0 Å². The van der Waals surface area contributed by atoms with Gasteiger partial charge >= 0.3 is 0 Å². The molecule has 0 saturated carbocycles. The van der Waals surface area contributed by atoms with E-state index >= 15 is 0 Å². The lowest BCUT2D eigenvalue weighted by atomic mass is 10.3. The first kappa shape index (κ1) is 7.98. The molecule has 60 valence electrons. The van der Waals surface area contributed by atoms with Gasteiger partial charge in [0.25, 0.3) is 0 Å². The SMILES string of the molecule is CCNc1c(F)cccc1F. The number of benzene rings is 1. The third-order valence-electron chi connectivity index (χ3n) is 1.32. The largest absolute Gasteiger partial charge is 0.381 e. The van der Waals surface area contributed by atoms with Gasteiger partial charge in [0.05, 0.1) is 0 Å². The van der Waals surface area contributed by atoms with Gasteiger partial charge in [0.1, 0.15) is 17.3 Å². The van der Waals surface area contributed by atoms with Crippen molar-refractivity contribution < 1.29 is 8.78 Å². The van der Waals surface area contributed by atoms with Gasteiger partial charge in [0, 0.05) is 6.54 Å². The highest BCUT2D eigenvalue weighted by atomic mass is 19.1. The summed E-state index contributed by atoms with van der Waals surface area (Å²) in [5.41, 5.74) is -0.0463. The van der Waals surface area contributed by atoms with E-state index in [1.807, 2.05) is 0 Å². The fraction of sp³-hybridized carbons (Fsp3) is 0.250. The molecule has 1 rings (SSSR count). The summed E-state index contributed by atoms with van der Waals surface area (Å²) in [6, 6.07) is 3.79. The number of hydrogen-bond donors (Lipinski definition) is 1. The molecule has 1 N–H and O–H groups in total. The van der Waals surface area contributed by atoms with Gasteiger partial charge in [-0.05, 0) is 19.1 Å². The Labute approximate surface area is 64.0 Å². The van der Waals surface area contributed by atoms with Crippen LogP contribution in [-0.4, -0.2) is 6.54 Å². The second-order valence-corrected chi connectivity index (χ2v) is 2.13. The van der Waals surface area contributed by atoms with E-state index in [0.29, 0.717) is 6.54 Å². The Morgan fingerprint density at radius 3 is 2.27 bits per heavy atom. The summed E-state index contributed by atoms with van der Waals surface area (Å²) >= 11 is 0. The molecule has 11 heavy (non-hydrogen) atoms. The number of para-hydroxylation sites is 1. The maximum atomic E-state index is 12.7. The normalized spacial score (nSPS) is 9.73. The second-order valence-electron chi connectivity index (χ2n) is 2.13. The molecule has 0 amide bonds. The monoisotopic (exact) mass is 157 g/mol. The van der Waals surface area contributed by atoms with E-state index in [9.17, 15) is 8.78 Å². The molecule has 0 bridgehead atoms. The molecule has 0 aromatic heterocycles. The summed E-state index contributed by atoms with van der Waals surface area (Å²) < 4.78 is 25.5. The standard InChI is InChI=1S/C8H9F2N/c1-2-11-8-6(9)4-3-5-7(8)10/h3-5,11H,2H2,1H3. The third kappa shape index (κ3) is 1.67. The van der Waals surface area contributed by atoms with Gasteiger partial charge in [-0.1, -0.05) is 6.07 Å². The first-order chi connectivity index (χ1) is 5.25. The molecule has 0 fully saturated rings. The smallest absolute Gasteiger partial charge is 0.149 e. The molecular weight excluding hydrogens is 148 g/mol. The molecule has 0 spiro atoms. The van der Waals surface area contributed by atoms with E-state index < -0.39 is 11.6 Å². The lowest BCUT2D eigenvalue weighted by molar-refractivity contribution is 0.588. The minimum Gasteiger partial charge on any atom is -0.381 e. The minimum atomic E-state index is -0.549. The third-order valence-corrected chi connectivity index (χ3v) is 1.32. The molecule has 0 aliphatic carbocycles. The Bertz CT molecular complexity index is 228. The maximum Gasteiger partial charge on any atom is 0.149 e. The van der Waals surface area contributed by atoms with E-state index in [-0.39, 0.29) is 5.69 Å². The van der Waals surface area contributed by atoms with Crippen molar-refractivity contribution in [1.29, 1.82) is 0 Å². The van der Waals surface area contributed by atoms with E-state index in [1.54, 1.807) is 6.92 Å². The number of hydrogen-bond acceptors (Lipinski definition) is 1. The average molecular weight is 157 g/mol. The van der Waals surface area contributed by atoms with Crippen LogP contribution in [0.15, 0.2) is 18.2 Å². The van der Waals surface area contributed by atoms with Crippen molar-refractivity contribution in [1.82, 2.24) is 0 Å². The minimum absolute atomic E-state index is 0.0463. The molecule has 1 aromatic rings. The Hall–Kier alpha value is -1.12. The van der Waals surface area contributed by atoms with Gasteiger partial charge in [-0.15, -0.1) is 0 Å². The number of nitrogens with one attached hydrogen (secondary N) is 1. The predicted molar refractivity (Wildman–Crippen MR) is 40.5 cm³/mol. The molecular formula is C8H9F2N. The molecule has 0 aliphatic rings. The van der Waals surface area contributed by atoms with Crippen molar-refractivity contribution in [3.63, 3.8) is 0 Å². The van der Waals surface area contributed by atoms with Gasteiger partial charge in [-0.3, -0.25) is 0 Å². The number of rotatable bonds is 2. The van der Waals surface area contributed by atoms with Crippen LogP contribution in [0.4, 0.5) is 14.5 Å². The summed E-state index contributed by atoms with van der Waals surface area (Å²) in [5.74, 6) is -1.10. The summed E-state index contributed by atoms with van der Waals surface area (Å²) in [4.78, 5) is 0. The molecule has 1 nitrogen and oxygen atoms in total. The first-order valence-electron chi connectivity index (χ1n) is 3.43. The molecule has 0 aliphatic heterocycles. The van der Waals surface area contributed by atoms with Gasteiger partial charge < -0.3 is 5.32 Å². The predicted octanol–water partition coefficient (Wildman–Crippen LogP) is 2.40. The van der Waals surface area contributed by atoms with Crippen LogP contribution in [0.5, 0.6) is 0 Å². The molecule has 1 aromatic carbocycles. The van der Waals surface area contributed by atoms with Crippen molar-refractivity contribution in [2.75, 3.05) is 11.9 Å². The average Bonchev–Trinajstić information content (AvgIpc) is 1.97. The van der Waals surface area contributed by atoms with Crippen molar-refractivity contribution >= 4 is 5.69 Å². The molecule has 0 saturated heterocycles. The van der Waals surface area contributed by atoms with E-state index in [4.69, 9.17) is 0 Å². The van der Waals surface area contributed by atoms with Gasteiger partial charge in [0.2, 0.25) is 0 Å². The van der Waals surface area contributed by atoms with E-state index in [2.05, 4.69) is 5.32 Å². The Balaban J connectivity index is 3.00. The highest BCUT2D eigenvalue weighted by Gasteiger charge is 2.04. The van der Waals surface area contributed by atoms with Crippen LogP contribution in [0.25, 0.3) is 0 Å². The van der Waals surface area contributed by atoms with Crippen LogP contribution in [0.3, 0.4) is 0 Å². The molecule has 0 heterocycles. The molecule has 0 radical (unpaired) electrons. The first-order valence-corrected chi connectivity index (χ1v) is 3.43. The Morgan fingerprint density at radius 1 is 1.27 bits per heavy atom. The van der Waals surface area contributed by atoms with Crippen LogP contribution in [0, 0.1) is 11.6 Å². The van der Waals surface area contributed by atoms with Crippen LogP contribution < -0.4 is 5.32 Å². The molecule has 3 heteroatoms. The Kier molecular flexibility index (Phi) is 2.41. The Morgan fingerprint density at radius 2 is 1.82 bits per heavy atom. The van der Waals surface area contributed by atoms with Crippen molar-refractivity contribution in [2.45, 2.75) is 6.92 Å². The van der Waals surface area contributed by atoms with Crippen molar-refractivity contribution in [2.24, 2.45) is 0 Å². The van der Waals surface area contributed by atoms with Gasteiger partial charge in [0.15, 0.2) is 0 Å². The van der Waals surface area contributed by atoms with Crippen molar-refractivity contribution in [3.8, 4) is 0 Å². The lowest BCUT2D eigenvalue weighted by Crippen LogP contribution is -2.01. The fourth-order valence-corrected chi connectivity index (χ4v) is 0.843. The van der Waals surface area contributed by atoms with E-state index in [1.165, 1.54) is 18.2 Å². The summed E-state index contributed by atoms with van der Waals surface area (Å²) in [5, 5.41) is 2.59. The zero-order chi connectivity index (χ0) is 8.27. The van der Waals surface area contributed by atoms with Crippen LogP contribution in [0.2, 0.25) is 0 Å². The number of anilines is 1. The molecule has 0 atom stereocenters.